The van der Waals surface area contributed by atoms with Crippen molar-refractivity contribution in [3.05, 3.63) is 63.1 Å². The van der Waals surface area contributed by atoms with Gasteiger partial charge in [0.05, 0.1) is 16.8 Å². The van der Waals surface area contributed by atoms with Crippen LogP contribution in [-0.4, -0.2) is 11.8 Å². The fourth-order valence-electron chi connectivity index (χ4n) is 2.26. The monoisotopic (exact) mass is 351 g/mol. The van der Waals surface area contributed by atoms with Gasteiger partial charge < -0.3 is 0 Å². The van der Waals surface area contributed by atoms with E-state index >= 15 is 0 Å². The first-order valence-corrected chi connectivity index (χ1v) is 6.84. The molecule has 3 rings (SSSR count). The van der Waals surface area contributed by atoms with Crippen molar-refractivity contribution < 1.29 is 18.4 Å². The van der Waals surface area contributed by atoms with Crippen LogP contribution >= 0.6 is 15.9 Å². The second-order valence-corrected chi connectivity index (χ2v) is 5.46. The van der Waals surface area contributed by atoms with Crippen LogP contribution in [0.3, 0.4) is 0 Å². The number of rotatable bonds is 1. The summed E-state index contributed by atoms with van der Waals surface area (Å²) >= 11 is 3.32. The Bertz CT molecular complexity index is 764. The van der Waals surface area contributed by atoms with Crippen molar-refractivity contribution in [3.8, 4) is 0 Å². The second-order valence-electron chi connectivity index (χ2n) is 4.67. The molecular formula is C15H8BrF2NO2. The number of nitrogens with zero attached hydrogens (tertiary/aromatic N) is 1. The zero-order valence-electron chi connectivity index (χ0n) is 10.8. The highest BCUT2D eigenvalue weighted by Gasteiger charge is 2.38. The lowest BCUT2D eigenvalue weighted by Crippen LogP contribution is -2.29. The number of carbonyl (C=O) groups is 2. The maximum atomic E-state index is 13.3. The molecule has 2 aromatic carbocycles. The summed E-state index contributed by atoms with van der Waals surface area (Å²) in [7, 11) is 0. The van der Waals surface area contributed by atoms with Gasteiger partial charge in [-0.3, -0.25) is 9.59 Å². The maximum Gasteiger partial charge on any atom is 0.266 e. The topological polar surface area (TPSA) is 37.4 Å². The van der Waals surface area contributed by atoms with E-state index in [0.29, 0.717) is 10.2 Å². The van der Waals surface area contributed by atoms with Crippen molar-refractivity contribution in [1.29, 1.82) is 0 Å². The molecule has 0 saturated carbocycles. The Morgan fingerprint density at radius 1 is 1.00 bits per heavy atom. The van der Waals surface area contributed by atoms with Crippen LogP contribution in [0.4, 0.5) is 14.5 Å². The van der Waals surface area contributed by atoms with E-state index in [1.165, 1.54) is 0 Å². The highest BCUT2D eigenvalue weighted by molar-refractivity contribution is 9.10. The summed E-state index contributed by atoms with van der Waals surface area (Å²) < 4.78 is 27.1. The largest absolute Gasteiger partial charge is 0.268 e. The number of carbonyl (C=O) groups excluding carboxylic acids is 2. The van der Waals surface area contributed by atoms with Crippen LogP contribution in [0.5, 0.6) is 0 Å². The predicted octanol–water partition coefficient (Wildman–Crippen LogP) is 3.84. The zero-order valence-corrected chi connectivity index (χ0v) is 12.4. The molecule has 0 atom stereocenters. The molecule has 3 nitrogen and oxygen atoms in total. The van der Waals surface area contributed by atoms with Crippen molar-refractivity contribution >= 4 is 33.4 Å². The van der Waals surface area contributed by atoms with Crippen LogP contribution in [0.15, 0.2) is 34.8 Å². The maximum absolute atomic E-state index is 13.3. The van der Waals surface area contributed by atoms with Crippen LogP contribution in [0.25, 0.3) is 0 Å². The highest BCUT2D eigenvalue weighted by atomic mass is 79.9. The Morgan fingerprint density at radius 2 is 1.52 bits per heavy atom. The Balaban J connectivity index is 2.18. The summed E-state index contributed by atoms with van der Waals surface area (Å²) in [5.41, 5.74) is 0.919. The lowest BCUT2D eigenvalue weighted by atomic mass is 10.1. The van der Waals surface area contributed by atoms with Crippen molar-refractivity contribution in [2.75, 3.05) is 4.90 Å². The summed E-state index contributed by atoms with van der Waals surface area (Å²) in [6.45, 7) is 1.81. The molecule has 0 saturated heterocycles. The molecule has 0 N–H and O–H groups in total. The quantitative estimate of drug-likeness (QED) is 0.732. The number of benzene rings is 2. The summed E-state index contributed by atoms with van der Waals surface area (Å²) in [6, 6.07) is 6.61. The molecule has 1 aliphatic rings. The van der Waals surface area contributed by atoms with Gasteiger partial charge in [0.25, 0.3) is 11.8 Å². The van der Waals surface area contributed by atoms with Crippen molar-refractivity contribution in [3.63, 3.8) is 0 Å². The molecule has 0 spiro atoms. The normalized spacial score (nSPS) is 13.8. The van der Waals surface area contributed by atoms with E-state index in [0.717, 1.165) is 22.6 Å². The fraction of sp³-hybridized carbons (Fsp3) is 0.0667. The minimum absolute atomic E-state index is 0.132. The Hall–Kier alpha value is -2.08. The molecule has 1 heterocycles. The molecule has 0 aromatic heterocycles. The van der Waals surface area contributed by atoms with Gasteiger partial charge in [-0.1, -0.05) is 12.1 Å². The molecule has 21 heavy (non-hydrogen) atoms. The van der Waals surface area contributed by atoms with Gasteiger partial charge in [-0.15, -0.1) is 0 Å². The van der Waals surface area contributed by atoms with Crippen LogP contribution in [0.2, 0.25) is 0 Å². The van der Waals surface area contributed by atoms with E-state index in [1.54, 1.807) is 12.1 Å². The summed E-state index contributed by atoms with van der Waals surface area (Å²) in [4.78, 5) is 25.6. The van der Waals surface area contributed by atoms with Crippen molar-refractivity contribution in [1.82, 2.24) is 0 Å². The number of hydrogen-bond acceptors (Lipinski definition) is 2. The zero-order chi connectivity index (χ0) is 15.3. The molecule has 2 aromatic rings. The molecule has 6 heteroatoms. The standard InChI is InChI=1S/C15H8BrF2NO2/c1-7-3-2-4-12(13(7)16)19-14(20)8-5-10(17)11(18)6-9(8)15(19)21/h2-6H,1H3. The number of hydrogen-bond donors (Lipinski definition) is 0. The second kappa shape index (κ2) is 4.73. The third kappa shape index (κ3) is 1.98. The van der Waals surface area contributed by atoms with Gasteiger partial charge in [-0.25, -0.2) is 13.7 Å². The lowest BCUT2D eigenvalue weighted by molar-refractivity contribution is 0.0926. The highest BCUT2D eigenvalue weighted by Crippen LogP contribution is 2.35. The Labute approximate surface area is 127 Å². The fourth-order valence-corrected chi connectivity index (χ4v) is 2.70. The molecule has 106 valence electrons. The van der Waals surface area contributed by atoms with E-state index in [2.05, 4.69) is 15.9 Å². The van der Waals surface area contributed by atoms with Crippen molar-refractivity contribution in [2.45, 2.75) is 6.92 Å². The molecule has 0 radical (unpaired) electrons. The number of halogens is 3. The Morgan fingerprint density at radius 3 is 2.05 bits per heavy atom. The van der Waals surface area contributed by atoms with Gasteiger partial charge in [-0.05, 0) is 46.6 Å². The summed E-state index contributed by atoms with van der Waals surface area (Å²) in [5, 5.41) is 0. The Kier molecular flexibility index (Phi) is 3.13. The first-order valence-electron chi connectivity index (χ1n) is 6.04. The molecule has 0 unspecified atom stereocenters. The predicted molar refractivity (Wildman–Crippen MR) is 76.4 cm³/mol. The molecule has 1 aliphatic heterocycles. The first-order chi connectivity index (χ1) is 9.91. The van der Waals surface area contributed by atoms with Gasteiger partial charge in [0.15, 0.2) is 11.6 Å². The number of aryl methyl sites for hydroxylation is 1. The SMILES string of the molecule is Cc1cccc(N2C(=O)c3cc(F)c(F)cc3C2=O)c1Br. The van der Waals surface area contributed by atoms with Gasteiger partial charge in [-0.2, -0.15) is 0 Å². The van der Waals surface area contributed by atoms with E-state index in [1.807, 2.05) is 13.0 Å². The number of fused-ring (bicyclic) bond motifs is 1. The van der Waals surface area contributed by atoms with Gasteiger partial charge in [0, 0.05) is 4.47 Å². The average Bonchev–Trinajstić information content (AvgIpc) is 2.67. The van der Waals surface area contributed by atoms with E-state index in [-0.39, 0.29) is 11.1 Å². The minimum Gasteiger partial charge on any atom is -0.268 e. The van der Waals surface area contributed by atoms with Crippen molar-refractivity contribution in [2.24, 2.45) is 0 Å². The van der Waals surface area contributed by atoms with Gasteiger partial charge >= 0.3 is 0 Å². The molecule has 2 amide bonds. The van der Waals surface area contributed by atoms with Crippen LogP contribution in [0, 0.1) is 18.6 Å². The van der Waals surface area contributed by atoms with Gasteiger partial charge in [0.2, 0.25) is 0 Å². The third-order valence-electron chi connectivity index (χ3n) is 3.34. The molecule has 0 bridgehead atoms. The lowest BCUT2D eigenvalue weighted by Gasteiger charge is -2.16. The van der Waals surface area contributed by atoms with Gasteiger partial charge in [0.1, 0.15) is 0 Å². The third-order valence-corrected chi connectivity index (χ3v) is 4.37. The average molecular weight is 352 g/mol. The van der Waals surface area contributed by atoms with Crippen LogP contribution in [-0.2, 0) is 0 Å². The van der Waals surface area contributed by atoms with E-state index in [9.17, 15) is 18.4 Å². The van der Waals surface area contributed by atoms with E-state index in [4.69, 9.17) is 0 Å². The summed E-state index contributed by atoms with van der Waals surface area (Å²) in [5.74, 6) is -3.64. The van der Waals surface area contributed by atoms with E-state index < -0.39 is 23.4 Å². The molecule has 0 aliphatic carbocycles. The number of imide groups is 1. The smallest absolute Gasteiger partial charge is 0.266 e. The first kappa shape index (κ1) is 13.9. The number of amides is 2. The molecular weight excluding hydrogens is 344 g/mol. The minimum atomic E-state index is -1.15. The number of anilines is 1. The summed E-state index contributed by atoms with van der Waals surface area (Å²) in [6.07, 6.45) is 0. The van der Waals surface area contributed by atoms with Crippen LogP contribution < -0.4 is 4.90 Å². The molecule has 0 fully saturated rings. The van der Waals surface area contributed by atoms with Crippen LogP contribution in [0.1, 0.15) is 26.3 Å².